The highest BCUT2D eigenvalue weighted by Crippen LogP contribution is 2.22. The van der Waals surface area contributed by atoms with Crippen molar-refractivity contribution in [1.82, 2.24) is 10.6 Å². The van der Waals surface area contributed by atoms with Gasteiger partial charge in [0, 0.05) is 30.2 Å². The highest BCUT2D eigenvalue weighted by atomic mass is 35.5. The Morgan fingerprint density at radius 1 is 1.28 bits per heavy atom. The van der Waals surface area contributed by atoms with Gasteiger partial charge in [-0.3, -0.25) is 9.59 Å². The van der Waals surface area contributed by atoms with E-state index >= 15 is 0 Å². The molecule has 0 aromatic carbocycles. The molecule has 0 saturated carbocycles. The molecule has 0 spiro atoms. The number of hydrogen-bond donors (Lipinski definition) is 3. The van der Waals surface area contributed by atoms with Crippen molar-refractivity contribution in [1.29, 1.82) is 0 Å². The van der Waals surface area contributed by atoms with Gasteiger partial charge in [-0.15, -0.1) is 0 Å². The largest absolute Gasteiger partial charge is 0.490 e. The topological polar surface area (TPSA) is 146 Å². The van der Waals surface area contributed by atoms with Gasteiger partial charge >= 0.3 is 12.1 Å². The molecule has 1 aliphatic heterocycles. The molecule has 1 heterocycles. The zero-order valence-corrected chi connectivity index (χ0v) is 23.5. The Kier molecular flexibility index (Phi) is 14.9. The number of esters is 1. The quantitative estimate of drug-likeness (QED) is 0.188. The van der Waals surface area contributed by atoms with Gasteiger partial charge in [-0.2, -0.15) is 0 Å². The molecule has 0 fully saturated rings. The maximum Gasteiger partial charge on any atom is 0.404 e. The van der Waals surface area contributed by atoms with Crippen molar-refractivity contribution >= 4 is 35.5 Å². The summed E-state index contributed by atoms with van der Waals surface area (Å²) in [6, 6.07) is -0.840. The molecule has 1 aliphatic rings. The zero-order valence-electron chi connectivity index (χ0n) is 22.8. The summed E-state index contributed by atoms with van der Waals surface area (Å²) >= 11 is 5.79. The average molecular weight is 562 g/mol. The minimum absolute atomic E-state index is 0.0360. The Labute approximate surface area is 234 Å². The molecule has 4 atom stereocenters. The lowest BCUT2D eigenvalue weighted by Gasteiger charge is -2.25. The minimum atomic E-state index is -0.906. The molecule has 39 heavy (non-hydrogen) atoms. The molecule has 10 nitrogen and oxygen atoms in total. The predicted octanol–water partition coefficient (Wildman–Crippen LogP) is 3.50. The number of carbonyl (C=O) groups excluding carboxylic acids is 4. The van der Waals surface area contributed by atoms with Crippen LogP contribution >= 0.6 is 11.6 Å². The number of allylic oxidation sites excluding steroid dienone is 4. The van der Waals surface area contributed by atoms with Gasteiger partial charge in [0.2, 0.25) is 5.91 Å². The van der Waals surface area contributed by atoms with E-state index in [0.29, 0.717) is 24.3 Å². The van der Waals surface area contributed by atoms with Crippen molar-refractivity contribution in [2.24, 2.45) is 11.7 Å². The molecule has 4 N–H and O–H groups in total. The Bertz CT molecular complexity index is 1110. The Balaban J connectivity index is 2.51. The van der Waals surface area contributed by atoms with Crippen LogP contribution in [0.5, 0.6) is 0 Å². The molecule has 0 aromatic rings. The second kappa shape index (κ2) is 17.5. The third kappa shape index (κ3) is 13.9. The van der Waals surface area contributed by atoms with Gasteiger partial charge in [0.15, 0.2) is 5.76 Å². The highest BCUT2D eigenvalue weighted by Gasteiger charge is 2.26. The van der Waals surface area contributed by atoms with E-state index in [1.807, 2.05) is 19.9 Å². The van der Waals surface area contributed by atoms with E-state index in [1.54, 1.807) is 31.2 Å². The summed E-state index contributed by atoms with van der Waals surface area (Å²) in [5.74, 6) is 3.65. The fourth-order valence-electron chi connectivity index (χ4n) is 3.33. The molecule has 0 unspecified atom stereocenters. The molecule has 3 amide bonds. The summed E-state index contributed by atoms with van der Waals surface area (Å²) in [6.45, 7) is 7.02. The van der Waals surface area contributed by atoms with E-state index < -0.39 is 36.0 Å². The molecule has 0 bridgehead atoms. The van der Waals surface area contributed by atoms with Gasteiger partial charge < -0.3 is 30.6 Å². The number of hydrogen-bond acceptors (Lipinski definition) is 7. The SMILES string of the molecule is COC1=CC[C@@H]([C@@H](C)/C=C(C)/C=C\C#CC(=O)N[C@@H](C)C(=O)N/C=C\C[C@H](C/C=C(\C)Cl)OC(N)=O)OC1=O. The normalized spacial score (nSPS) is 18.3. The van der Waals surface area contributed by atoms with E-state index in [-0.39, 0.29) is 17.8 Å². The van der Waals surface area contributed by atoms with Crippen molar-refractivity contribution in [3.8, 4) is 11.8 Å². The average Bonchev–Trinajstić information content (AvgIpc) is 2.86. The van der Waals surface area contributed by atoms with Gasteiger partial charge in [-0.1, -0.05) is 54.3 Å². The second-order valence-corrected chi connectivity index (χ2v) is 9.35. The van der Waals surface area contributed by atoms with Crippen molar-refractivity contribution in [2.75, 3.05) is 7.11 Å². The third-order valence-corrected chi connectivity index (χ3v) is 5.52. The third-order valence-electron chi connectivity index (χ3n) is 5.37. The molecule has 11 heteroatoms. The van der Waals surface area contributed by atoms with Crippen LogP contribution in [0.15, 0.2) is 59.0 Å². The number of nitrogens with one attached hydrogen (secondary N) is 2. The first-order valence-electron chi connectivity index (χ1n) is 12.3. The number of nitrogens with two attached hydrogens (primary N) is 1. The fraction of sp³-hybridized carbons (Fsp3) is 0.429. The Morgan fingerprint density at radius 2 is 2.00 bits per heavy atom. The van der Waals surface area contributed by atoms with Crippen LogP contribution in [0.3, 0.4) is 0 Å². The van der Waals surface area contributed by atoms with Crippen molar-refractivity contribution < 1.29 is 33.4 Å². The molecule has 0 saturated heterocycles. The van der Waals surface area contributed by atoms with Crippen molar-refractivity contribution in [2.45, 2.75) is 65.2 Å². The van der Waals surface area contributed by atoms with E-state index in [9.17, 15) is 19.2 Å². The van der Waals surface area contributed by atoms with Gasteiger partial charge in [0.1, 0.15) is 18.2 Å². The molecular weight excluding hydrogens is 526 g/mol. The van der Waals surface area contributed by atoms with E-state index in [0.717, 1.165) is 5.57 Å². The van der Waals surface area contributed by atoms with Crippen molar-refractivity contribution in [3.63, 3.8) is 0 Å². The molecular formula is C28H36ClN3O7. The van der Waals surface area contributed by atoms with Crippen LogP contribution in [0, 0.1) is 17.8 Å². The first-order chi connectivity index (χ1) is 18.4. The lowest BCUT2D eigenvalue weighted by Crippen LogP contribution is -2.42. The van der Waals surface area contributed by atoms with Gasteiger partial charge in [0.25, 0.3) is 5.91 Å². The monoisotopic (exact) mass is 561 g/mol. The zero-order chi connectivity index (χ0) is 29.4. The number of halogens is 1. The Morgan fingerprint density at radius 3 is 2.62 bits per heavy atom. The first-order valence-corrected chi connectivity index (χ1v) is 12.7. The summed E-state index contributed by atoms with van der Waals surface area (Å²) in [6.07, 6.45) is 11.1. The highest BCUT2D eigenvalue weighted by molar-refractivity contribution is 6.29. The number of rotatable bonds is 12. The van der Waals surface area contributed by atoms with Crippen LogP contribution in [0.4, 0.5) is 4.79 Å². The minimum Gasteiger partial charge on any atom is -0.490 e. The fourth-order valence-corrected chi connectivity index (χ4v) is 3.42. The molecule has 0 aliphatic carbocycles. The number of methoxy groups -OCH3 is 1. The number of ether oxygens (including phenoxy) is 3. The van der Waals surface area contributed by atoms with Gasteiger partial charge in [0.05, 0.1) is 7.11 Å². The Hall–Kier alpha value is -3.97. The van der Waals surface area contributed by atoms with Gasteiger partial charge in [-0.05, 0) is 45.0 Å². The first kappa shape index (κ1) is 33.1. The number of carbonyl (C=O) groups is 4. The standard InChI is InChI=1S/C28H36ClN3O7/c1-18(17-19(2)23-14-15-24(37-5)27(35)39-23)9-6-7-11-25(33)32-21(4)26(34)31-16-8-10-22(38-28(30)36)13-12-20(3)29/h6,8-9,12,15-17,19,21-23H,10,13-14H2,1-5H3,(H2,30,36)(H,31,34)(H,32,33)/b9-6-,16-8-,18-17+,20-12+/t19-,21-,22+,23-/m0/s1. The molecule has 0 aromatic heterocycles. The summed E-state index contributed by atoms with van der Waals surface area (Å²) in [4.78, 5) is 47.1. The van der Waals surface area contributed by atoms with E-state index in [4.69, 9.17) is 31.5 Å². The van der Waals surface area contributed by atoms with Crippen LogP contribution in [-0.2, 0) is 28.6 Å². The van der Waals surface area contributed by atoms with Gasteiger partial charge in [-0.25, -0.2) is 9.59 Å². The van der Waals surface area contributed by atoms with Crippen molar-refractivity contribution in [3.05, 3.63) is 59.0 Å². The molecule has 212 valence electrons. The molecule has 0 radical (unpaired) electrons. The number of primary amides is 1. The van der Waals surface area contributed by atoms with E-state index in [2.05, 4.69) is 22.5 Å². The van der Waals surface area contributed by atoms with Crippen LogP contribution in [-0.4, -0.2) is 49.2 Å². The smallest absolute Gasteiger partial charge is 0.404 e. The maximum absolute atomic E-state index is 12.2. The summed E-state index contributed by atoms with van der Waals surface area (Å²) in [7, 11) is 1.42. The van der Waals surface area contributed by atoms with E-state index in [1.165, 1.54) is 26.3 Å². The summed E-state index contributed by atoms with van der Waals surface area (Å²) in [5.41, 5.74) is 5.95. The van der Waals surface area contributed by atoms with Crippen LogP contribution in [0.2, 0.25) is 0 Å². The van der Waals surface area contributed by atoms with Crippen LogP contribution < -0.4 is 16.4 Å². The number of amides is 3. The van der Waals surface area contributed by atoms with Crippen LogP contribution in [0.25, 0.3) is 0 Å². The molecule has 1 rings (SSSR count). The second-order valence-electron chi connectivity index (χ2n) is 8.75. The maximum atomic E-state index is 12.2. The predicted molar refractivity (Wildman–Crippen MR) is 148 cm³/mol. The van der Waals surface area contributed by atoms with Crippen LogP contribution in [0.1, 0.15) is 47.0 Å². The summed E-state index contributed by atoms with van der Waals surface area (Å²) in [5, 5.41) is 5.58. The summed E-state index contributed by atoms with van der Waals surface area (Å²) < 4.78 is 15.3. The number of cyclic esters (lactones) is 1. The lowest BCUT2D eigenvalue weighted by atomic mass is 9.97. The lowest BCUT2D eigenvalue weighted by molar-refractivity contribution is -0.151.